The lowest BCUT2D eigenvalue weighted by Gasteiger charge is -1.97. The first-order valence-electron chi connectivity index (χ1n) is 4.83. The molecule has 0 N–H and O–H groups in total. The van der Waals surface area contributed by atoms with Crippen molar-refractivity contribution in [2.45, 2.75) is 19.4 Å². The minimum absolute atomic E-state index is 0.00578. The van der Waals surface area contributed by atoms with Gasteiger partial charge in [0.2, 0.25) is 0 Å². The molecule has 1 aromatic rings. The van der Waals surface area contributed by atoms with Crippen molar-refractivity contribution in [3.8, 4) is 0 Å². The van der Waals surface area contributed by atoms with Crippen molar-refractivity contribution in [1.29, 1.82) is 0 Å². The van der Waals surface area contributed by atoms with E-state index in [-0.39, 0.29) is 12.1 Å². The number of carbonyl (C=O) groups excluding carboxylic acids is 1. The van der Waals surface area contributed by atoms with Crippen LogP contribution in [-0.2, 0) is 9.53 Å². The molecule has 1 saturated heterocycles. The molecule has 0 spiro atoms. The van der Waals surface area contributed by atoms with Gasteiger partial charge in [0.15, 0.2) is 0 Å². The Labute approximate surface area is 97.1 Å². The molecule has 0 radical (unpaired) electrons. The van der Waals surface area contributed by atoms with Gasteiger partial charge in [-0.1, -0.05) is 34.1 Å². The summed E-state index contributed by atoms with van der Waals surface area (Å²) < 4.78 is 6.05. The van der Waals surface area contributed by atoms with Gasteiger partial charge >= 0.3 is 5.97 Å². The highest BCUT2D eigenvalue weighted by Gasteiger charge is 2.25. The van der Waals surface area contributed by atoms with Gasteiger partial charge in [-0.25, -0.2) is 4.79 Å². The molecule has 0 amide bonds. The van der Waals surface area contributed by atoms with Crippen LogP contribution in [-0.4, -0.2) is 12.1 Å². The Morgan fingerprint density at radius 1 is 1.47 bits per heavy atom. The van der Waals surface area contributed by atoms with Gasteiger partial charge in [-0.2, -0.15) is 0 Å². The van der Waals surface area contributed by atoms with Crippen LogP contribution < -0.4 is 0 Å². The monoisotopic (exact) mass is 266 g/mol. The van der Waals surface area contributed by atoms with Crippen LogP contribution >= 0.6 is 15.9 Å². The third-order valence-electron chi connectivity index (χ3n) is 2.31. The van der Waals surface area contributed by atoms with E-state index in [9.17, 15) is 4.79 Å². The summed E-state index contributed by atoms with van der Waals surface area (Å²) in [6.45, 7) is 1.90. The SMILES string of the molecule is CC1CC(=Cc2ccccc2Br)C(=O)O1. The topological polar surface area (TPSA) is 26.3 Å². The number of esters is 1. The average molecular weight is 267 g/mol. The van der Waals surface area contributed by atoms with Crippen LogP contribution in [0.15, 0.2) is 34.3 Å². The number of rotatable bonds is 1. The van der Waals surface area contributed by atoms with Crippen molar-refractivity contribution in [1.82, 2.24) is 0 Å². The second-order valence-corrected chi connectivity index (χ2v) is 4.47. The lowest BCUT2D eigenvalue weighted by atomic mass is 10.1. The largest absolute Gasteiger partial charge is 0.459 e. The first-order chi connectivity index (χ1) is 7.16. The minimum atomic E-state index is -0.196. The zero-order valence-corrected chi connectivity index (χ0v) is 9.95. The molecular formula is C12H11BrO2. The number of ether oxygens (including phenoxy) is 1. The molecule has 78 valence electrons. The Morgan fingerprint density at radius 3 is 2.80 bits per heavy atom. The van der Waals surface area contributed by atoms with E-state index < -0.39 is 0 Å². The van der Waals surface area contributed by atoms with Crippen LogP contribution in [0.1, 0.15) is 18.9 Å². The summed E-state index contributed by atoms with van der Waals surface area (Å²) in [7, 11) is 0. The van der Waals surface area contributed by atoms with E-state index in [1.807, 2.05) is 37.3 Å². The maximum absolute atomic E-state index is 11.4. The van der Waals surface area contributed by atoms with E-state index in [0.717, 1.165) is 15.6 Å². The van der Waals surface area contributed by atoms with E-state index in [2.05, 4.69) is 15.9 Å². The minimum Gasteiger partial charge on any atom is -0.459 e. The van der Waals surface area contributed by atoms with Gasteiger partial charge in [0.05, 0.1) is 0 Å². The number of benzene rings is 1. The van der Waals surface area contributed by atoms with Gasteiger partial charge in [-0.3, -0.25) is 0 Å². The van der Waals surface area contributed by atoms with Crippen LogP contribution in [0.2, 0.25) is 0 Å². The molecule has 3 heteroatoms. The van der Waals surface area contributed by atoms with E-state index in [1.165, 1.54) is 0 Å². The highest BCUT2D eigenvalue weighted by Crippen LogP contribution is 2.25. The second kappa shape index (κ2) is 4.19. The maximum atomic E-state index is 11.4. The molecular weight excluding hydrogens is 256 g/mol. The number of hydrogen-bond acceptors (Lipinski definition) is 2. The summed E-state index contributed by atoms with van der Waals surface area (Å²) in [5.41, 5.74) is 1.76. The first kappa shape index (κ1) is 10.4. The standard InChI is InChI=1S/C12H11BrO2/c1-8-6-10(12(14)15-8)7-9-4-2-3-5-11(9)13/h2-5,7-8H,6H2,1H3. The molecule has 0 saturated carbocycles. The lowest BCUT2D eigenvalue weighted by Crippen LogP contribution is -1.99. The van der Waals surface area contributed by atoms with Crippen molar-refractivity contribution < 1.29 is 9.53 Å². The van der Waals surface area contributed by atoms with E-state index in [4.69, 9.17) is 4.74 Å². The normalized spacial score (nSPS) is 23.2. The van der Waals surface area contributed by atoms with Crippen LogP contribution in [0.3, 0.4) is 0 Å². The third kappa shape index (κ3) is 2.29. The van der Waals surface area contributed by atoms with Crippen molar-refractivity contribution >= 4 is 28.0 Å². The predicted molar refractivity (Wildman–Crippen MR) is 62.3 cm³/mol. The fourth-order valence-corrected chi connectivity index (χ4v) is 1.99. The van der Waals surface area contributed by atoms with Gasteiger partial charge in [0.25, 0.3) is 0 Å². The number of cyclic esters (lactones) is 1. The van der Waals surface area contributed by atoms with Crippen molar-refractivity contribution in [3.05, 3.63) is 39.9 Å². The number of carbonyl (C=O) groups is 1. The van der Waals surface area contributed by atoms with Gasteiger partial charge in [-0.05, 0) is 24.6 Å². The Kier molecular flexibility index (Phi) is 2.91. The summed E-state index contributed by atoms with van der Waals surface area (Å²) in [6, 6.07) is 7.81. The zero-order valence-electron chi connectivity index (χ0n) is 8.37. The first-order valence-corrected chi connectivity index (χ1v) is 5.62. The quantitative estimate of drug-likeness (QED) is 0.577. The van der Waals surface area contributed by atoms with Crippen LogP contribution in [0.4, 0.5) is 0 Å². The summed E-state index contributed by atoms with van der Waals surface area (Å²) in [5, 5.41) is 0. The van der Waals surface area contributed by atoms with Gasteiger partial charge in [-0.15, -0.1) is 0 Å². The zero-order chi connectivity index (χ0) is 10.8. The molecule has 15 heavy (non-hydrogen) atoms. The number of hydrogen-bond donors (Lipinski definition) is 0. The molecule has 0 aliphatic carbocycles. The highest BCUT2D eigenvalue weighted by atomic mass is 79.9. The molecule has 1 aromatic carbocycles. The highest BCUT2D eigenvalue weighted by molar-refractivity contribution is 9.10. The van der Waals surface area contributed by atoms with Crippen molar-refractivity contribution in [2.75, 3.05) is 0 Å². The maximum Gasteiger partial charge on any atom is 0.334 e. The molecule has 1 fully saturated rings. The van der Waals surface area contributed by atoms with E-state index in [0.29, 0.717) is 6.42 Å². The Bertz CT molecular complexity index is 423. The summed E-state index contributed by atoms with van der Waals surface area (Å²) in [6.07, 6.45) is 2.59. The van der Waals surface area contributed by atoms with Crippen molar-refractivity contribution in [3.63, 3.8) is 0 Å². The molecule has 1 atom stereocenters. The predicted octanol–water partition coefficient (Wildman–Crippen LogP) is 3.17. The smallest absolute Gasteiger partial charge is 0.334 e. The molecule has 1 aliphatic heterocycles. The molecule has 2 rings (SSSR count). The third-order valence-corrected chi connectivity index (χ3v) is 3.03. The molecule has 0 bridgehead atoms. The Hall–Kier alpha value is -1.09. The van der Waals surface area contributed by atoms with Crippen LogP contribution in [0.25, 0.3) is 6.08 Å². The van der Waals surface area contributed by atoms with Gasteiger partial charge < -0.3 is 4.74 Å². The van der Waals surface area contributed by atoms with Gasteiger partial charge in [0.1, 0.15) is 6.10 Å². The molecule has 2 nitrogen and oxygen atoms in total. The second-order valence-electron chi connectivity index (χ2n) is 3.61. The molecule has 1 unspecified atom stereocenters. The molecule has 1 heterocycles. The average Bonchev–Trinajstić information content (AvgIpc) is 2.49. The Morgan fingerprint density at radius 2 is 2.20 bits per heavy atom. The van der Waals surface area contributed by atoms with E-state index >= 15 is 0 Å². The van der Waals surface area contributed by atoms with Crippen molar-refractivity contribution in [2.24, 2.45) is 0 Å². The summed E-state index contributed by atoms with van der Waals surface area (Å²) in [4.78, 5) is 11.4. The molecule has 1 aliphatic rings. The fraction of sp³-hybridized carbons (Fsp3) is 0.250. The Balaban J connectivity index is 2.31. The summed E-state index contributed by atoms with van der Waals surface area (Å²) in [5.74, 6) is -0.196. The number of halogens is 1. The van der Waals surface area contributed by atoms with Crippen LogP contribution in [0.5, 0.6) is 0 Å². The van der Waals surface area contributed by atoms with Crippen LogP contribution in [0, 0.1) is 0 Å². The van der Waals surface area contributed by atoms with E-state index in [1.54, 1.807) is 0 Å². The summed E-state index contributed by atoms with van der Waals surface area (Å²) >= 11 is 3.44. The lowest BCUT2D eigenvalue weighted by molar-refractivity contribution is -0.138. The molecule has 0 aromatic heterocycles. The van der Waals surface area contributed by atoms with Gasteiger partial charge in [0, 0.05) is 16.5 Å². The fourth-order valence-electron chi connectivity index (χ4n) is 1.59.